The summed E-state index contributed by atoms with van der Waals surface area (Å²) in [6, 6.07) is 0.758. The molecule has 0 aromatic heterocycles. The summed E-state index contributed by atoms with van der Waals surface area (Å²) < 4.78 is 5.36. The molecular weight excluding hydrogens is 188 g/mol. The second-order valence-electron chi connectivity index (χ2n) is 3.87. The van der Waals surface area contributed by atoms with Crippen molar-refractivity contribution in [2.24, 2.45) is 5.73 Å². The van der Waals surface area contributed by atoms with Crippen molar-refractivity contribution >= 4 is 12.4 Å². The molecule has 0 aliphatic carbocycles. The number of nitrogens with two attached hydrogens (primary N) is 1. The largest absolute Gasteiger partial charge is 0.378 e. The number of halogens is 1. The minimum absolute atomic E-state index is 0. The molecule has 78 valence electrons. The predicted octanol–water partition coefficient (Wildman–Crippen LogP) is 0.620. The third kappa shape index (κ3) is 2.56. The molecule has 0 aromatic rings. The fourth-order valence-corrected chi connectivity index (χ4v) is 2.19. The Bertz CT molecular complexity index is 151. The van der Waals surface area contributed by atoms with Crippen LogP contribution < -0.4 is 5.73 Å². The first-order valence-electron chi connectivity index (χ1n) is 4.95. The maximum Gasteiger partial charge on any atom is 0.0638 e. The molecule has 0 radical (unpaired) electrons. The lowest BCUT2D eigenvalue weighted by Gasteiger charge is -2.33. The van der Waals surface area contributed by atoms with Gasteiger partial charge in [-0.3, -0.25) is 4.90 Å². The van der Waals surface area contributed by atoms with Crippen molar-refractivity contribution in [3.05, 3.63) is 0 Å². The smallest absolute Gasteiger partial charge is 0.0638 e. The molecule has 0 spiro atoms. The molecule has 2 aliphatic rings. The highest BCUT2D eigenvalue weighted by Crippen LogP contribution is 2.17. The van der Waals surface area contributed by atoms with Gasteiger partial charge in [0.1, 0.15) is 0 Å². The van der Waals surface area contributed by atoms with Crippen LogP contribution in [0.25, 0.3) is 0 Å². The molecule has 2 rings (SSSR count). The molecule has 0 bridgehead atoms. The van der Waals surface area contributed by atoms with Gasteiger partial charge >= 0.3 is 0 Å². The van der Waals surface area contributed by atoms with Gasteiger partial charge in [0.05, 0.1) is 19.3 Å². The van der Waals surface area contributed by atoms with Crippen LogP contribution in [0.15, 0.2) is 0 Å². The number of nitrogens with zero attached hydrogens (tertiary/aromatic N) is 1. The molecule has 2 saturated heterocycles. The molecule has 3 nitrogen and oxygen atoms in total. The summed E-state index contributed by atoms with van der Waals surface area (Å²) >= 11 is 0. The summed E-state index contributed by atoms with van der Waals surface area (Å²) in [6.45, 7) is 4.05. The predicted molar refractivity (Wildman–Crippen MR) is 55.3 cm³/mol. The Morgan fingerprint density at radius 1 is 1.08 bits per heavy atom. The lowest BCUT2D eigenvalue weighted by Crippen LogP contribution is -2.48. The van der Waals surface area contributed by atoms with Gasteiger partial charge in [-0.2, -0.15) is 0 Å². The summed E-state index contributed by atoms with van der Waals surface area (Å²) in [5.41, 5.74) is 5.94. The number of piperidine rings is 1. The van der Waals surface area contributed by atoms with Gasteiger partial charge in [-0.15, -0.1) is 12.4 Å². The summed E-state index contributed by atoms with van der Waals surface area (Å²) in [7, 11) is 0. The van der Waals surface area contributed by atoms with Crippen molar-refractivity contribution in [2.45, 2.75) is 31.3 Å². The topological polar surface area (TPSA) is 38.5 Å². The van der Waals surface area contributed by atoms with Crippen molar-refractivity contribution in [3.8, 4) is 0 Å². The van der Waals surface area contributed by atoms with Crippen LogP contribution in [0.2, 0.25) is 0 Å². The van der Waals surface area contributed by atoms with E-state index in [4.69, 9.17) is 10.5 Å². The van der Waals surface area contributed by atoms with E-state index in [0.717, 1.165) is 13.2 Å². The van der Waals surface area contributed by atoms with Crippen LogP contribution >= 0.6 is 12.4 Å². The second kappa shape index (κ2) is 5.15. The maximum absolute atomic E-state index is 5.94. The van der Waals surface area contributed by atoms with Crippen LogP contribution in [0.4, 0.5) is 0 Å². The number of ether oxygens (including phenoxy) is 1. The Balaban J connectivity index is 0.000000845. The lowest BCUT2D eigenvalue weighted by atomic mass is 10.1. The van der Waals surface area contributed by atoms with Gasteiger partial charge in [0.2, 0.25) is 0 Å². The van der Waals surface area contributed by atoms with Gasteiger partial charge < -0.3 is 10.5 Å². The zero-order valence-electron chi connectivity index (χ0n) is 7.95. The zero-order valence-corrected chi connectivity index (χ0v) is 8.76. The van der Waals surface area contributed by atoms with Gasteiger partial charge in [0, 0.05) is 6.04 Å². The quantitative estimate of drug-likeness (QED) is 0.684. The molecule has 0 aromatic carbocycles. The summed E-state index contributed by atoms with van der Waals surface area (Å²) in [5, 5.41) is 0. The highest BCUT2D eigenvalue weighted by Gasteiger charge is 2.30. The van der Waals surface area contributed by atoms with Crippen molar-refractivity contribution in [1.82, 2.24) is 4.90 Å². The summed E-state index contributed by atoms with van der Waals surface area (Å²) in [5.74, 6) is 0. The van der Waals surface area contributed by atoms with Crippen LogP contribution in [0.1, 0.15) is 19.3 Å². The first-order valence-corrected chi connectivity index (χ1v) is 4.95. The summed E-state index contributed by atoms with van der Waals surface area (Å²) in [4.78, 5) is 2.50. The van der Waals surface area contributed by atoms with Gasteiger partial charge in [-0.05, 0) is 25.9 Å². The van der Waals surface area contributed by atoms with Gasteiger partial charge in [0.25, 0.3) is 0 Å². The molecular formula is C9H19ClN2O. The van der Waals surface area contributed by atoms with E-state index in [-0.39, 0.29) is 18.4 Å². The first-order chi connectivity index (χ1) is 5.88. The van der Waals surface area contributed by atoms with E-state index in [1.54, 1.807) is 0 Å². The first kappa shape index (κ1) is 11.2. The minimum atomic E-state index is 0. The molecule has 13 heavy (non-hydrogen) atoms. The van der Waals surface area contributed by atoms with E-state index in [9.17, 15) is 0 Å². The average Bonchev–Trinajstić information content (AvgIpc) is 2.53. The number of likely N-dealkylation sites (tertiary alicyclic amines) is 1. The molecule has 2 N–H and O–H groups in total. The van der Waals surface area contributed by atoms with E-state index >= 15 is 0 Å². The van der Waals surface area contributed by atoms with Crippen LogP contribution in [-0.2, 0) is 4.74 Å². The molecule has 2 atom stereocenters. The fraction of sp³-hybridized carbons (Fsp3) is 1.00. The van der Waals surface area contributed by atoms with Crippen LogP contribution in [0.3, 0.4) is 0 Å². The van der Waals surface area contributed by atoms with Gasteiger partial charge in [-0.1, -0.05) is 6.42 Å². The second-order valence-corrected chi connectivity index (χ2v) is 3.87. The average molecular weight is 207 g/mol. The van der Waals surface area contributed by atoms with E-state index in [1.807, 2.05) is 0 Å². The molecule has 0 amide bonds. The highest BCUT2D eigenvalue weighted by atomic mass is 35.5. The van der Waals surface area contributed by atoms with Crippen molar-refractivity contribution in [2.75, 3.05) is 26.3 Å². The van der Waals surface area contributed by atoms with Crippen molar-refractivity contribution < 1.29 is 4.74 Å². The normalized spacial score (nSPS) is 35.8. The molecule has 2 fully saturated rings. The zero-order chi connectivity index (χ0) is 8.39. The Morgan fingerprint density at radius 3 is 2.31 bits per heavy atom. The number of hydrogen-bond acceptors (Lipinski definition) is 3. The standard InChI is InChI=1S/C9H18N2O.ClH/c10-8-6-12-7-9(8)11-4-2-1-3-5-11;/h8-9H,1-7,10H2;1H/t8-,9-;/m0./s1. The van der Waals surface area contributed by atoms with Crippen LogP contribution in [0, 0.1) is 0 Å². The Labute approximate surface area is 86.0 Å². The van der Waals surface area contributed by atoms with E-state index in [2.05, 4.69) is 4.90 Å². The Morgan fingerprint density at radius 2 is 1.77 bits per heavy atom. The third-order valence-corrected chi connectivity index (χ3v) is 2.95. The summed E-state index contributed by atoms with van der Waals surface area (Å²) in [6.07, 6.45) is 4.06. The van der Waals surface area contributed by atoms with E-state index in [0.29, 0.717) is 6.04 Å². The Kier molecular flexibility index (Phi) is 4.46. The minimum Gasteiger partial charge on any atom is -0.378 e. The van der Waals surface area contributed by atoms with Crippen molar-refractivity contribution in [1.29, 1.82) is 0 Å². The third-order valence-electron chi connectivity index (χ3n) is 2.95. The number of hydrogen-bond donors (Lipinski definition) is 1. The highest BCUT2D eigenvalue weighted by molar-refractivity contribution is 5.85. The van der Waals surface area contributed by atoms with Crippen LogP contribution in [-0.4, -0.2) is 43.3 Å². The van der Waals surface area contributed by atoms with Gasteiger partial charge in [0.15, 0.2) is 0 Å². The monoisotopic (exact) mass is 206 g/mol. The van der Waals surface area contributed by atoms with E-state index < -0.39 is 0 Å². The van der Waals surface area contributed by atoms with Crippen LogP contribution in [0.5, 0.6) is 0 Å². The maximum atomic E-state index is 5.94. The molecule has 0 unspecified atom stereocenters. The molecule has 0 saturated carbocycles. The Hall–Kier alpha value is 0.170. The molecule has 2 heterocycles. The fourth-order valence-electron chi connectivity index (χ4n) is 2.19. The SMILES string of the molecule is Cl.N[C@H]1COC[C@@H]1N1CCCCC1. The molecule has 4 heteroatoms. The number of rotatable bonds is 1. The van der Waals surface area contributed by atoms with E-state index in [1.165, 1.54) is 32.4 Å². The molecule has 2 aliphatic heterocycles. The van der Waals surface area contributed by atoms with Gasteiger partial charge in [-0.25, -0.2) is 0 Å². The lowest BCUT2D eigenvalue weighted by molar-refractivity contribution is 0.126. The van der Waals surface area contributed by atoms with Crippen molar-refractivity contribution in [3.63, 3.8) is 0 Å².